The maximum atomic E-state index is 11.9. The Hall–Kier alpha value is -1.58. The minimum absolute atomic E-state index is 0.0457. The standard InChI is InChI=1S/C16H13BrClNO/c1-11-10-14(6-7-15(11)18)19-9-8-16(20)12-2-4-13(17)5-3-12/h2-10,19H,1H3. The first kappa shape index (κ1) is 14.8. The molecular weight excluding hydrogens is 338 g/mol. The summed E-state index contributed by atoms with van der Waals surface area (Å²) in [5.41, 5.74) is 2.54. The third-order valence-electron chi connectivity index (χ3n) is 2.77. The molecule has 2 aromatic carbocycles. The molecule has 0 bridgehead atoms. The van der Waals surface area contributed by atoms with E-state index in [2.05, 4.69) is 21.2 Å². The number of hydrogen-bond donors (Lipinski definition) is 1. The fourth-order valence-electron chi connectivity index (χ4n) is 1.66. The highest BCUT2D eigenvalue weighted by molar-refractivity contribution is 9.10. The van der Waals surface area contributed by atoms with Crippen LogP contribution in [0.1, 0.15) is 15.9 Å². The fraction of sp³-hybridized carbons (Fsp3) is 0.0625. The second kappa shape index (κ2) is 6.73. The second-order valence-electron chi connectivity index (χ2n) is 4.31. The number of allylic oxidation sites excluding steroid dienone is 1. The van der Waals surface area contributed by atoms with Crippen molar-refractivity contribution in [2.45, 2.75) is 6.92 Å². The van der Waals surface area contributed by atoms with Crippen LogP contribution in [0.25, 0.3) is 0 Å². The average Bonchev–Trinajstić information content (AvgIpc) is 2.43. The molecule has 0 saturated carbocycles. The van der Waals surface area contributed by atoms with E-state index < -0.39 is 0 Å². The molecule has 0 aromatic heterocycles. The van der Waals surface area contributed by atoms with Crippen molar-refractivity contribution in [1.82, 2.24) is 0 Å². The van der Waals surface area contributed by atoms with E-state index in [1.165, 1.54) is 6.08 Å². The number of anilines is 1. The Kier molecular flexibility index (Phi) is 4.99. The molecule has 1 N–H and O–H groups in total. The molecule has 2 nitrogen and oxygen atoms in total. The Labute approximate surface area is 131 Å². The second-order valence-corrected chi connectivity index (χ2v) is 5.64. The number of ketones is 1. The summed E-state index contributed by atoms with van der Waals surface area (Å²) in [5, 5.41) is 3.78. The molecular formula is C16H13BrClNO. The molecule has 0 aliphatic rings. The lowest BCUT2D eigenvalue weighted by Gasteiger charge is -2.03. The van der Waals surface area contributed by atoms with Crippen molar-refractivity contribution in [3.63, 3.8) is 0 Å². The predicted molar refractivity (Wildman–Crippen MR) is 87.4 cm³/mol. The van der Waals surface area contributed by atoms with Gasteiger partial charge in [-0.15, -0.1) is 0 Å². The van der Waals surface area contributed by atoms with Gasteiger partial charge in [-0.2, -0.15) is 0 Å². The maximum absolute atomic E-state index is 11.9. The molecule has 20 heavy (non-hydrogen) atoms. The monoisotopic (exact) mass is 349 g/mol. The van der Waals surface area contributed by atoms with Gasteiger partial charge in [-0.3, -0.25) is 4.79 Å². The van der Waals surface area contributed by atoms with Crippen LogP contribution in [0.3, 0.4) is 0 Å². The lowest BCUT2D eigenvalue weighted by atomic mass is 10.1. The summed E-state index contributed by atoms with van der Waals surface area (Å²) in [4.78, 5) is 11.9. The molecule has 2 aromatic rings. The number of rotatable bonds is 4. The van der Waals surface area contributed by atoms with E-state index in [4.69, 9.17) is 11.6 Å². The van der Waals surface area contributed by atoms with E-state index in [0.29, 0.717) is 5.56 Å². The molecule has 0 radical (unpaired) electrons. The van der Waals surface area contributed by atoms with Gasteiger partial charge in [0.1, 0.15) is 0 Å². The topological polar surface area (TPSA) is 29.1 Å². The SMILES string of the molecule is Cc1cc(NC=CC(=O)c2ccc(Br)cc2)ccc1Cl. The number of carbonyl (C=O) groups is 1. The Morgan fingerprint density at radius 3 is 2.55 bits per heavy atom. The third-order valence-corrected chi connectivity index (χ3v) is 3.72. The number of benzene rings is 2. The van der Waals surface area contributed by atoms with Gasteiger partial charge in [0.05, 0.1) is 0 Å². The molecule has 0 saturated heterocycles. The van der Waals surface area contributed by atoms with Crippen LogP contribution in [0.2, 0.25) is 5.02 Å². The van der Waals surface area contributed by atoms with Crippen molar-refractivity contribution in [3.8, 4) is 0 Å². The summed E-state index contributed by atoms with van der Waals surface area (Å²) in [6, 6.07) is 12.9. The van der Waals surface area contributed by atoms with E-state index in [1.807, 2.05) is 37.3 Å². The molecule has 0 aliphatic heterocycles. The van der Waals surface area contributed by atoms with E-state index >= 15 is 0 Å². The average molecular weight is 351 g/mol. The highest BCUT2D eigenvalue weighted by Gasteiger charge is 2.01. The van der Waals surface area contributed by atoms with Crippen LogP contribution in [0.5, 0.6) is 0 Å². The van der Waals surface area contributed by atoms with Gasteiger partial charge in [-0.1, -0.05) is 27.5 Å². The molecule has 0 atom stereocenters. The number of hydrogen-bond acceptors (Lipinski definition) is 2. The number of carbonyl (C=O) groups excluding carboxylic acids is 1. The highest BCUT2D eigenvalue weighted by Crippen LogP contribution is 2.19. The van der Waals surface area contributed by atoms with Crippen LogP contribution in [-0.2, 0) is 0 Å². The molecule has 102 valence electrons. The minimum atomic E-state index is -0.0457. The van der Waals surface area contributed by atoms with Gasteiger partial charge in [0.2, 0.25) is 0 Å². The molecule has 0 unspecified atom stereocenters. The van der Waals surface area contributed by atoms with Crippen molar-refractivity contribution in [3.05, 3.63) is 75.4 Å². The van der Waals surface area contributed by atoms with E-state index in [-0.39, 0.29) is 5.78 Å². The Morgan fingerprint density at radius 2 is 1.90 bits per heavy atom. The van der Waals surface area contributed by atoms with E-state index in [9.17, 15) is 4.79 Å². The lowest BCUT2D eigenvalue weighted by molar-refractivity contribution is 0.104. The Balaban J connectivity index is 2.00. The maximum Gasteiger partial charge on any atom is 0.187 e. The zero-order valence-electron chi connectivity index (χ0n) is 10.9. The number of nitrogens with one attached hydrogen (secondary N) is 1. The third kappa shape index (κ3) is 3.95. The predicted octanol–water partition coefficient (Wildman–Crippen LogP) is 5.22. The molecule has 0 fully saturated rings. The molecule has 0 amide bonds. The fourth-order valence-corrected chi connectivity index (χ4v) is 2.04. The lowest BCUT2D eigenvalue weighted by Crippen LogP contribution is -1.96. The Bertz CT molecular complexity index is 650. The van der Waals surface area contributed by atoms with E-state index in [0.717, 1.165) is 20.7 Å². The normalized spacial score (nSPS) is 10.8. The van der Waals surface area contributed by atoms with Crippen LogP contribution in [0.4, 0.5) is 5.69 Å². The molecule has 0 spiro atoms. The highest BCUT2D eigenvalue weighted by atomic mass is 79.9. The van der Waals surface area contributed by atoms with Gasteiger partial charge in [0.25, 0.3) is 0 Å². The smallest absolute Gasteiger partial charge is 0.187 e. The van der Waals surface area contributed by atoms with Crippen molar-refractivity contribution in [2.75, 3.05) is 5.32 Å². The van der Waals surface area contributed by atoms with Gasteiger partial charge in [0.15, 0.2) is 5.78 Å². The number of aryl methyl sites for hydroxylation is 1. The summed E-state index contributed by atoms with van der Waals surface area (Å²) in [6.07, 6.45) is 3.14. The van der Waals surface area contributed by atoms with Gasteiger partial charge < -0.3 is 5.32 Å². The quantitative estimate of drug-likeness (QED) is 0.605. The number of halogens is 2. The van der Waals surface area contributed by atoms with Crippen molar-refractivity contribution < 1.29 is 4.79 Å². The molecule has 0 heterocycles. The summed E-state index contributed by atoms with van der Waals surface area (Å²) >= 11 is 9.29. The largest absolute Gasteiger partial charge is 0.362 e. The van der Waals surface area contributed by atoms with Crippen molar-refractivity contribution >= 4 is 39.0 Å². The van der Waals surface area contributed by atoms with Crippen LogP contribution in [0, 0.1) is 6.92 Å². The van der Waals surface area contributed by atoms with Crippen LogP contribution >= 0.6 is 27.5 Å². The summed E-state index contributed by atoms with van der Waals surface area (Å²) in [6.45, 7) is 1.93. The zero-order chi connectivity index (χ0) is 14.5. The van der Waals surface area contributed by atoms with Crippen molar-refractivity contribution in [1.29, 1.82) is 0 Å². The van der Waals surface area contributed by atoms with Crippen LogP contribution in [0.15, 0.2) is 59.2 Å². The van der Waals surface area contributed by atoms with E-state index in [1.54, 1.807) is 18.3 Å². The van der Waals surface area contributed by atoms with Crippen LogP contribution < -0.4 is 5.32 Å². The van der Waals surface area contributed by atoms with Crippen molar-refractivity contribution in [2.24, 2.45) is 0 Å². The first-order valence-electron chi connectivity index (χ1n) is 6.05. The zero-order valence-corrected chi connectivity index (χ0v) is 13.2. The first-order chi connectivity index (χ1) is 9.56. The minimum Gasteiger partial charge on any atom is -0.362 e. The van der Waals surface area contributed by atoms with Gasteiger partial charge in [-0.25, -0.2) is 0 Å². The molecule has 2 rings (SSSR count). The molecule has 0 aliphatic carbocycles. The Morgan fingerprint density at radius 1 is 1.20 bits per heavy atom. The van der Waals surface area contributed by atoms with Gasteiger partial charge >= 0.3 is 0 Å². The summed E-state index contributed by atoms with van der Waals surface area (Å²) < 4.78 is 0.952. The summed E-state index contributed by atoms with van der Waals surface area (Å²) in [7, 11) is 0. The van der Waals surface area contributed by atoms with Gasteiger partial charge in [0, 0.05) is 33.0 Å². The molecule has 4 heteroatoms. The summed E-state index contributed by atoms with van der Waals surface area (Å²) in [5.74, 6) is -0.0457. The van der Waals surface area contributed by atoms with Gasteiger partial charge in [-0.05, 0) is 55.0 Å². The first-order valence-corrected chi connectivity index (χ1v) is 7.22. The van der Waals surface area contributed by atoms with Crippen LogP contribution in [-0.4, -0.2) is 5.78 Å².